The second-order valence-electron chi connectivity index (χ2n) is 8.65. The Balaban J connectivity index is 1.57. The van der Waals surface area contributed by atoms with Crippen molar-refractivity contribution in [2.45, 2.75) is 37.5 Å². The number of amides is 1. The molecule has 186 valence electrons. The molecule has 1 aromatic heterocycles. The number of carbonyl (C=O) groups is 1. The van der Waals surface area contributed by atoms with Gasteiger partial charge in [0.05, 0.1) is 23.4 Å². The number of nitrogens with zero attached hydrogens (tertiary/aromatic N) is 2. The predicted molar refractivity (Wildman–Crippen MR) is 137 cm³/mol. The summed E-state index contributed by atoms with van der Waals surface area (Å²) < 4.78 is 35.0. The number of nitrogens with one attached hydrogen (secondary N) is 2. The molecular formula is C26H32N4O4S. The van der Waals surface area contributed by atoms with Crippen LogP contribution in [0, 0.1) is 0 Å². The number of benzene rings is 2. The van der Waals surface area contributed by atoms with Crippen molar-refractivity contribution in [3.63, 3.8) is 0 Å². The largest absolute Gasteiger partial charge is 0.494 e. The van der Waals surface area contributed by atoms with Gasteiger partial charge in [0.15, 0.2) is 0 Å². The van der Waals surface area contributed by atoms with Crippen LogP contribution in [0.2, 0.25) is 0 Å². The van der Waals surface area contributed by atoms with Crippen molar-refractivity contribution >= 4 is 32.5 Å². The highest BCUT2D eigenvalue weighted by Gasteiger charge is 2.22. The first-order valence-corrected chi connectivity index (χ1v) is 13.6. The number of rotatable bonds is 10. The Morgan fingerprint density at radius 2 is 1.89 bits per heavy atom. The number of hydrogen-bond acceptors (Lipinski definition) is 6. The number of fused-ring (bicyclic) bond motifs is 1. The topological polar surface area (TPSA) is 101 Å². The molecule has 0 bridgehead atoms. The normalized spacial score (nSPS) is 14.5. The zero-order valence-electron chi connectivity index (χ0n) is 20.0. The molecule has 1 fully saturated rings. The van der Waals surface area contributed by atoms with Gasteiger partial charge in [-0.05, 0) is 62.7 Å². The number of ether oxygens (including phenoxy) is 1. The van der Waals surface area contributed by atoms with Crippen LogP contribution in [0.1, 0.15) is 43.0 Å². The maximum Gasteiger partial charge on any atom is 0.264 e. The molecule has 2 aromatic carbocycles. The highest BCUT2D eigenvalue weighted by Crippen LogP contribution is 2.27. The summed E-state index contributed by atoms with van der Waals surface area (Å²) in [6.45, 7) is 5.83. The number of para-hydroxylation sites is 1. The Morgan fingerprint density at radius 1 is 1.09 bits per heavy atom. The molecule has 1 amide bonds. The fourth-order valence-electron chi connectivity index (χ4n) is 4.21. The highest BCUT2D eigenvalue weighted by molar-refractivity contribution is 7.93. The molecular weight excluding hydrogens is 464 g/mol. The van der Waals surface area contributed by atoms with E-state index < -0.39 is 10.0 Å². The van der Waals surface area contributed by atoms with Crippen molar-refractivity contribution in [2.24, 2.45) is 0 Å². The predicted octanol–water partition coefficient (Wildman–Crippen LogP) is 4.04. The van der Waals surface area contributed by atoms with Crippen LogP contribution in [-0.2, 0) is 10.0 Å². The van der Waals surface area contributed by atoms with Crippen LogP contribution in [0.15, 0.2) is 59.6 Å². The highest BCUT2D eigenvalue weighted by atomic mass is 32.2. The SMILES string of the molecule is CCCOc1ccc(NS(=O)(=O)c2cccc3cccnc23)c(C(=O)NCCN2CCCCC2)c1. The Kier molecular flexibility index (Phi) is 8.20. The zero-order chi connectivity index (χ0) is 24.7. The van der Waals surface area contributed by atoms with E-state index >= 15 is 0 Å². The number of carbonyl (C=O) groups excluding carboxylic acids is 1. The fourth-order valence-corrected chi connectivity index (χ4v) is 5.47. The van der Waals surface area contributed by atoms with E-state index in [1.165, 1.54) is 25.3 Å². The third-order valence-electron chi connectivity index (χ3n) is 6.00. The summed E-state index contributed by atoms with van der Waals surface area (Å²) in [6, 6.07) is 13.4. The summed E-state index contributed by atoms with van der Waals surface area (Å²) in [7, 11) is -4.00. The number of hydrogen-bond donors (Lipinski definition) is 2. The van der Waals surface area contributed by atoms with Gasteiger partial charge in [-0.3, -0.25) is 14.5 Å². The molecule has 9 heteroatoms. The smallest absolute Gasteiger partial charge is 0.264 e. The molecule has 0 atom stereocenters. The van der Waals surface area contributed by atoms with Gasteiger partial charge in [0.1, 0.15) is 10.6 Å². The first-order valence-electron chi connectivity index (χ1n) is 12.1. The van der Waals surface area contributed by atoms with Crippen LogP contribution < -0.4 is 14.8 Å². The summed E-state index contributed by atoms with van der Waals surface area (Å²) >= 11 is 0. The summed E-state index contributed by atoms with van der Waals surface area (Å²) in [5, 5.41) is 3.66. The van der Waals surface area contributed by atoms with Crippen molar-refractivity contribution in [3.05, 3.63) is 60.3 Å². The van der Waals surface area contributed by atoms with E-state index in [9.17, 15) is 13.2 Å². The van der Waals surface area contributed by atoms with Crippen LogP contribution in [-0.4, -0.2) is 57.0 Å². The summed E-state index contributed by atoms with van der Waals surface area (Å²) in [4.78, 5) is 19.8. The first-order chi connectivity index (χ1) is 17.0. The lowest BCUT2D eigenvalue weighted by Gasteiger charge is -2.26. The number of piperidine rings is 1. The van der Waals surface area contributed by atoms with E-state index in [0.717, 1.165) is 31.4 Å². The number of likely N-dealkylation sites (tertiary alicyclic amines) is 1. The van der Waals surface area contributed by atoms with E-state index in [4.69, 9.17) is 4.74 Å². The van der Waals surface area contributed by atoms with Gasteiger partial charge in [-0.25, -0.2) is 8.42 Å². The van der Waals surface area contributed by atoms with Gasteiger partial charge in [-0.2, -0.15) is 0 Å². The first kappa shape index (κ1) is 24.9. The molecule has 1 saturated heterocycles. The van der Waals surface area contributed by atoms with Crippen LogP contribution in [0.25, 0.3) is 10.9 Å². The number of aromatic nitrogens is 1. The zero-order valence-corrected chi connectivity index (χ0v) is 20.8. The Bertz CT molecular complexity index is 1270. The molecule has 0 radical (unpaired) electrons. The molecule has 4 rings (SSSR count). The Hall–Kier alpha value is -3.17. The minimum Gasteiger partial charge on any atom is -0.494 e. The maximum atomic E-state index is 13.3. The third kappa shape index (κ3) is 6.29. The second kappa shape index (κ2) is 11.5. The molecule has 0 saturated carbocycles. The average Bonchev–Trinajstić information content (AvgIpc) is 2.88. The molecule has 0 spiro atoms. The monoisotopic (exact) mass is 496 g/mol. The summed E-state index contributed by atoms with van der Waals surface area (Å²) in [5.74, 6) is 0.167. The van der Waals surface area contributed by atoms with Crippen LogP contribution in [0.4, 0.5) is 5.69 Å². The van der Waals surface area contributed by atoms with Gasteiger partial charge in [0, 0.05) is 24.7 Å². The number of sulfonamides is 1. The van der Waals surface area contributed by atoms with Crippen LogP contribution in [0.3, 0.4) is 0 Å². The molecule has 0 aliphatic carbocycles. The van der Waals surface area contributed by atoms with E-state index in [1.807, 2.05) is 19.1 Å². The lowest BCUT2D eigenvalue weighted by atomic mass is 10.1. The quantitative estimate of drug-likeness (QED) is 0.439. The second-order valence-corrected chi connectivity index (χ2v) is 10.3. The molecule has 1 aliphatic heterocycles. The minimum atomic E-state index is -4.00. The maximum absolute atomic E-state index is 13.3. The molecule has 8 nitrogen and oxygen atoms in total. The van der Waals surface area contributed by atoms with Crippen molar-refractivity contribution in [3.8, 4) is 5.75 Å². The molecule has 35 heavy (non-hydrogen) atoms. The van der Waals surface area contributed by atoms with E-state index in [1.54, 1.807) is 36.5 Å². The molecule has 2 N–H and O–H groups in total. The van der Waals surface area contributed by atoms with Crippen molar-refractivity contribution in [2.75, 3.05) is 37.5 Å². The van der Waals surface area contributed by atoms with Crippen LogP contribution in [0.5, 0.6) is 5.75 Å². The summed E-state index contributed by atoms with van der Waals surface area (Å²) in [5.41, 5.74) is 0.782. The molecule has 1 aliphatic rings. The van der Waals surface area contributed by atoms with Gasteiger partial charge < -0.3 is 15.0 Å². The lowest BCUT2D eigenvalue weighted by Crippen LogP contribution is -2.37. The molecule has 3 aromatic rings. The average molecular weight is 497 g/mol. The standard InChI is InChI=1S/C26H32N4O4S/c1-2-18-34-21-11-12-23(22(19-21)26(31)28-14-17-30-15-4-3-5-16-30)29-35(32,33)24-10-6-8-20-9-7-13-27-25(20)24/h6-13,19,29H,2-5,14-18H2,1H3,(H,28,31). The third-order valence-corrected chi connectivity index (χ3v) is 7.40. The Labute approximate surface area is 206 Å². The van der Waals surface area contributed by atoms with E-state index in [-0.39, 0.29) is 22.1 Å². The number of pyridine rings is 1. The lowest BCUT2D eigenvalue weighted by molar-refractivity contribution is 0.0947. The van der Waals surface area contributed by atoms with Crippen molar-refractivity contribution in [1.82, 2.24) is 15.2 Å². The molecule has 0 unspecified atom stereocenters. The van der Waals surface area contributed by atoms with Gasteiger partial charge in [-0.1, -0.05) is 31.5 Å². The molecule has 2 heterocycles. The summed E-state index contributed by atoms with van der Waals surface area (Å²) in [6.07, 6.45) is 5.99. The van der Waals surface area contributed by atoms with Gasteiger partial charge in [-0.15, -0.1) is 0 Å². The Morgan fingerprint density at radius 3 is 2.69 bits per heavy atom. The van der Waals surface area contributed by atoms with E-state index in [2.05, 4.69) is 19.9 Å². The van der Waals surface area contributed by atoms with Crippen molar-refractivity contribution in [1.29, 1.82) is 0 Å². The van der Waals surface area contributed by atoms with Crippen LogP contribution >= 0.6 is 0 Å². The minimum absolute atomic E-state index is 0.0540. The van der Waals surface area contributed by atoms with Gasteiger partial charge >= 0.3 is 0 Å². The van der Waals surface area contributed by atoms with E-state index in [0.29, 0.717) is 24.4 Å². The fraction of sp³-hybridized carbons (Fsp3) is 0.385. The van der Waals surface area contributed by atoms with Gasteiger partial charge in [0.2, 0.25) is 0 Å². The van der Waals surface area contributed by atoms with Gasteiger partial charge in [0.25, 0.3) is 15.9 Å². The number of anilines is 1. The van der Waals surface area contributed by atoms with Crippen molar-refractivity contribution < 1.29 is 17.9 Å².